The first-order valence-corrected chi connectivity index (χ1v) is 6.19. The molecule has 1 aliphatic carbocycles. The Balaban J connectivity index is 1.59. The largest absolute Gasteiger partial charge is 0.382 e. The maximum atomic E-state index is 5.41. The zero-order chi connectivity index (χ0) is 11.9. The van der Waals surface area contributed by atoms with Gasteiger partial charge in [0.1, 0.15) is 0 Å². The van der Waals surface area contributed by atoms with Crippen LogP contribution >= 0.6 is 0 Å². The van der Waals surface area contributed by atoms with Crippen LogP contribution in [-0.4, -0.2) is 42.5 Å². The summed E-state index contributed by atoms with van der Waals surface area (Å²) in [5.74, 6) is 0. The highest BCUT2D eigenvalue weighted by Gasteiger charge is 2.20. The Morgan fingerprint density at radius 1 is 1.41 bits per heavy atom. The summed E-state index contributed by atoms with van der Waals surface area (Å²) in [5, 5.41) is 3.45. The van der Waals surface area contributed by atoms with E-state index in [1.54, 1.807) is 7.11 Å². The van der Waals surface area contributed by atoms with Crippen LogP contribution in [0.5, 0.6) is 0 Å². The number of rotatable bonds is 9. The molecule has 5 heteroatoms. The summed E-state index contributed by atoms with van der Waals surface area (Å²) in [6.07, 6.45) is 6.57. The van der Waals surface area contributed by atoms with Crippen molar-refractivity contribution in [3.05, 3.63) is 18.2 Å². The van der Waals surface area contributed by atoms with Crippen molar-refractivity contribution in [3.8, 4) is 0 Å². The van der Waals surface area contributed by atoms with E-state index in [2.05, 4.69) is 21.1 Å². The number of hydrogen-bond donors (Lipinski definition) is 1. The fourth-order valence-corrected chi connectivity index (χ4v) is 1.57. The van der Waals surface area contributed by atoms with E-state index in [0.717, 1.165) is 24.8 Å². The molecule has 1 heterocycles. The first-order chi connectivity index (χ1) is 8.38. The van der Waals surface area contributed by atoms with Gasteiger partial charge in [-0.1, -0.05) is 0 Å². The van der Waals surface area contributed by atoms with Crippen molar-refractivity contribution in [1.29, 1.82) is 0 Å². The molecule has 17 heavy (non-hydrogen) atoms. The van der Waals surface area contributed by atoms with Crippen LogP contribution in [0.2, 0.25) is 0 Å². The molecule has 0 spiro atoms. The lowest BCUT2D eigenvalue weighted by Crippen LogP contribution is -2.15. The lowest BCUT2D eigenvalue weighted by molar-refractivity contribution is 0.0666. The van der Waals surface area contributed by atoms with Crippen molar-refractivity contribution in [1.82, 2.24) is 14.9 Å². The molecule has 0 saturated heterocycles. The Morgan fingerprint density at radius 3 is 3.06 bits per heavy atom. The van der Waals surface area contributed by atoms with E-state index >= 15 is 0 Å². The number of hydrogen-bond acceptors (Lipinski definition) is 4. The average Bonchev–Trinajstić information content (AvgIpc) is 3.06. The van der Waals surface area contributed by atoms with Crippen LogP contribution < -0.4 is 5.32 Å². The van der Waals surface area contributed by atoms with Gasteiger partial charge in [0.15, 0.2) is 0 Å². The molecule has 0 amide bonds. The topological polar surface area (TPSA) is 48.3 Å². The van der Waals surface area contributed by atoms with E-state index in [4.69, 9.17) is 9.47 Å². The Kier molecular flexibility index (Phi) is 4.97. The van der Waals surface area contributed by atoms with Gasteiger partial charge in [0.25, 0.3) is 0 Å². The van der Waals surface area contributed by atoms with Gasteiger partial charge < -0.3 is 19.4 Å². The highest BCUT2D eigenvalue weighted by molar-refractivity contribution is 4.97. The molecular formula is C12H21N3O2. The van der Waals surface area contributed by atoms with Crippen LogP contribution in [0.4, 0.5) is 0 Å². The predicted molar refractivity (Wildman–Crippen MR) is 64.8 cm³/mol. The Bertz CT molecular complexity index is 323. The maximum absolute atomic E-state index is 5.41. The summed E-state index contributed by atoms with van der Waals surface area (Å²) in [4.78, 5) is 4.35. The summed E-state index contributed by atoms with van der Waals surface area (Å²) in [7, 11) is 1.68. The third-order valence-electron chi connectivity index (χ3n) is 2.76. The second-order valence-electron chi connectivity index (χ2n) is 4.36. The van der Waals surface area contributed by atoms with Gasteiger partial charge in [-0.25, -0.2) is 4.98 Å². The lowest BCUT2D eigenvalue weighted by atomic mass is 10.4. The van der Waals surface area contributed by atoms with Crippen molar-refractivity contribution >= 4 is 0 Å². The van der Waals surface area contributed by atoms with E-state index in [1.807, 2.05) is 6.33 Å². The second-order valence-corrected chi connectivity index (χ2v) is 4.36. The minimum absolute atomic E-state index is 0.653. The molecule has 1 N–H and O–H groups in total. The molecule has 1 aliphatic rings. The molecule has 5 nitrogen and oxygen atoms in total. The van der Waals surface area contributed by atoms with E-state index in [1.165, 1.54) is 12.8 Å². The third-order valence-corrected chi connectivity index (χ3v) is 2.76. The molecule has 0 aromatic carbocycles. The average molecular weight is 239 g/mol. The standard InChI is InChI=1S/C12H21N3O2/c1-16-6-7-17-5-4-15-9-12(14-10-15)8-13-11-2-3-11/h9-11,13H,2-8H2,1H3. The highest BCUT2D eigenvalue weighted by Crippen LogP contribution is 2.18. The summed E-state index contributed by atoms with van der Waals surface area (Å²) >= 11 is 0. The molecule has 1 aromatic rings. The van der Waals surface area contributed by atoms with E-state index in [9.17, 15) is 0 Å². The molecule has 0 atom stereocenters. The number of ether oxygens (including phenoxy) is 2. The Hall–Kier alpha value is -0.910. The fourth-order valence-electron chi connectivity index (χ4n) is 1.57. The second kappa shape index (κ2) is 6.74. The van der Waals surface area contributed by atoms with Gasteiger partial charge in [-0.15, -0.1) is 0 Å². The summed E-state index contributed by atoms with van der Waals surface area (Å²) in [6.45, 7) is 3.74. The number of imidazole rings is 1. The van der Waals surface area contributed by atoms with Crippen LogP contribution in [0, 0.1) is 0 Å². The number of nitrogens with one attached hydrogen (secondary N) is 1. The van der Waals surface area contributed by atoms with Crippen LogP contribution in [0.3, 0.4) is 0 Å². The van der Waals surface area contributed by atoms with Crippen molar-refractivity contribution in [2.45, 2.75) is 32.0 Å². The van der Waals surface area contributed by atoms with E-state index < -0.39 is 0 Å². The maximum Gasteiger partial charge on any atom is 0.0950 e. The molecule has 0 bridgehead atoms. The van der Waals surface area contributed by atoms with Crippen molar-refractivity contribution in [2.24, 2.45) is 0 Å². The van der Waals surface area contributed by atoms with Crippen LogP contribution in [0.15, 0.2) is 12.5 Å². The van der Waals surface area contributed by atoms with E-state index in [0.29, 0.717) is 19.8 Å². The molecule has 0 radical (unpaired) electrons. The highest BCUT2D eigenvalue weighted by atomic mass is 16.5. The number of aromatic nitrogens is 2. The van der Waals surface area contributed by atoms with Gasteiger partial charge in [-0.3, -0.25) is 0 Å². The monoisotopic (exact) mass is 239 g/mol. The van der Waals surface area contributed by atoms with Crippen molar-refractivity contribution < 1.29 is 9.47 Å². The number of nitrogens with zero attached hydrogens (tertiary/aromatic N) is 2. The van der Waals surface area contributed by atoms with Crippen molar-refractivity contribution in [2.75, 3.05) is 26.9 Å². The number of methoxy groups -OCH3 is 1. The molecular weight excluding hydrogens is 218 g/mol. The van der Waals surface area contributed by atoms with Crippen LogP contribution in [0.1, 0.15) is 18.5 Å². The van der Waals surface area contributed by atoms with Crippen LogP contribution in [0.25, 0.3) is 0 Å². The summed E-state index contributed by atoms with van der Waals surface area (Å²) < 4.78 is 12.4. The molecule has 1 saturated carbocycles. The third kappa shape index (κ3) is 4.85. The fraction of sp³-hybridized carbons (Fsp3) is 0.750. The first-order valence-electron chi connectivity index (χ1n) is 6.19. The first kappa shape index (κ1) is 12.5. The van der Waals surface area contributed by atoms with Gasteiger partial charge in [-0.05, 0) is 12.8 Å². The van der Waals surface area contributed by atoms with Gasteiger partial charge in [0, 0.05) is 32.4 Å². The molecule has 0 unspecified atom stereocenters. The molecule has 0 aliphatic heterocycles. The molecule has 1 fully saturated rings. The van der Waals surface area contributed by atoms with Gasteiger partial charge in [0.2, 0.25) is 0 Å². The molecule has 1 aromatic heterocycles. The van der Waals surface area contributed by atoms with Crippen molar-refractivity contribution in [3.63, 3.8) is 0 Å². The van der Waals surface area contributed by atoms with Gasteiger partial charge in [0.05, 0.1) is 31.8 Å². The zero-order valence-corrected chi connectivity index (χ0v) is 10.4. The molecule has 96 valence electrons. The SMILES string of the molecule is COCCOCCn1cnc(CNC2CC2)c1. The quantitative estimate of drug-likeness (QED) is 0.648. The minimum atomic E-state index is 0.653. The van der Waals surface area contributed by atoms with Gasteiger partial charge >= 0.3 is 0 Å². The Morgan fingerprint density at radius 2 is 2.29 bits per heavy atom. The summed E-state index contributed by atoms with van der Waals surface area (Å²) in [5.41, 5.74) is 1.11. The molecule has 2 rings (SSSR count). The smallest absolute Gasteiger partial charge is 0.0950 e. The summed E-state index contributed by atoms with van der Waals surface area (Å²) in [6, 6.07) is 0.734. The zero-order valence-electron chi connectivity index (χ0n) is 10.4. The minimum Gasteiger partial charge on any atom is -0.382 e. The normalized spacial score (nSPS) is 15.4. The van der Waals surface area contributed by atoms with Gasteiger partial charge in [-0.2, -0.15) is 0 Å². The lowest BCUT2D eigenvalue weighted by Gasteiger charge is -2.03. The van der Waals surface area contributed by atoms with Crippen LogP contribution in [-0.2, 0) is 22.6 Å². The Labute approximate surface area is 102 Å². The predicted octanol–water partition coefficient (Wildman–Crippen LogP) is 0.798. The van der Waals surface area contributed by atoms with E-state index in [-0.39, 0.29) is 0 Å².